The Kier molecular flexibility index (Phi) is 5.03. The molecule has 2 aromatic carbocycles. The third kappa shape index (κ3) is 4.28. The van der Waals surface area contributed by atoms with Crippen LogP contribution in [0.2, 0.25) is 0 Å². The fourth-order valence-corrected chi connectivity index (χ4v) is 2.06. The molecule has 0 aliphatic rings. The van der Waals surface area contributed by atoms with Gasteiger partial charge in [-0.3, -0.25) is 10.1 Å². The summed E-state index contributed by atoms with van der Waals surface area (Å²) in [5, 5.41) is 19.9. The number of benzene rings is 2. The molecule has 1 N–H and O–H groups in total. The van der Waals surface area contributed by atoms with Crippen LogP contribution in [0.25, 0.3) is 6.08 Å². The predicted molar refractivity (Wildman–Crippen MR) is 83.5 cm³/mol. The van der Waals surface area contributed by atoms with Crippen LogP contribution in [-0.2, 0) is 11.2 Å². The van der Waals surface area contributed by atoms with Gasteiger partial charge in [0.2, 0.25) is 0 Å². The number of aliphatic carboxylic acids is 1. The molecule has 0 amide bonds. The molecule has 0 atom stereocenters. The van der Waals surface area contributed by atoms with Crippen molar-refractivity contribution < 1.29 is 14.8 Å². The molecule has 22 heavy (non-hydrogen) atoms. The first-order chi connectivity index (χ1) is 10.6. The van der Waals surface area contributed by atoms with Crippen molar-refractivity contribution in [1.82, 2.24) is 0 Å². The van der Waals surface area contributed by atoms with E-state index in [2.05, 4.69) is 0 Å². The molecule has 0 saturated carbocycles. The zero-order valence-electron chi connectivity index (χ0n) is 11.8. The normalized spacial score (nSPS) is 11.2. The molecule has 112 valence electrons. The first kappa shape index (κ1) is 15.4. The summed E-state index contributed by atoms with van der Waals surface area (Å²) in [6, 6.07) is 15.5. The van der Waals surface area contributed by atoms with Crippen LogP contribution >= 0.6 is 0 Å². The number of rotatable bonds is 6. The molecule has 0 aliphatic heterocycles. The van der Waals surface area contributed by atoms with Crippen LogP contribution in [0.4, 0.5) is 5.69 Å². The maximum absolute atomic E-state index is 11.3. The third-order valence-corrected chi connectivity index (χ3v) is 3.25. The van der Waals surface area contributed by atoms with E-state index >= 15 is 0 Å². The predicted octanol–water partition coefficient (Wildman–Crippen LogP) is 3.70. The van der Waals surface area contributed by atoms with Crippen LogP contribution in [-0.4, -0.2) is 16.0 Å². The maximum Gasteiger partial charge on any atom is 0.331 e. The van der Waals surface area contributed by atoms with Crippen molar-refractivity contribution in [3.05, 3.63) is 81.4 Å². The fourth-order valence-electron chi connectivity index (χ4n) is 2.06. The minimum atomic E-state index is -0.978. The van der Waals surface area contributed by atoms with Crippen LogP contribution < -0.4 is 0 Å². The van der Waals surface area contributed by atoms with Gasteiger partial charge in [-0.1, -0.05) is 30.3 Å². The summed E-state index contributed by atoms with van der Waals surface area (Å²) in [7, 11) is 0. The molecule has 0 aliphatic carbocycles. The van der Waals surface area contributed by atoms with Crippen LogP contribution in [0.5, 0.6) is 0 Å². The summed E-state index contributed by atoms with van der Waals surface area (Å²) in [5.41, 5.74) is 1.96. The van der Waals surface area contributed by atoms with Crippen LogP contribution in [0, 0.1) is 10.1 Å². The van der Waals surface area contributed by atoms with Gasteiger partial charge in [0, 0.05) is 17.7 Å². The summed E-state index contributed by atoms with van der Waals surface area (Å²) in [6.45, 7) is 0. The summed E-state index contributed by atoms with van der Waals surface area (Å²) in [5.74, 6) is -0.978. The second-order valence-corrected chi connectivity index (χ2v) is 4.81. The lowest BCUT2D eigenvalue weighted by Crippen LogP contribution is -2.02. The van der Waals surface area contributed by atoms with Gasteiger partial charge in [0.1, 0.15) is 0 Å². The lowest BCUT2D eigenvalue weighted by molar-refractivity contribution is -0.384. The lowest BCUT2D eigenvalue weighted by Gasteiger charge is -2.04. The van der Waals surface area contributed by atoms with Crippen molar-refractivity contribution in [2.45, 2.75) is 12.8 Å². The van der Waals surface area contributed by atoms with E-state index in [0.29, 0.717) is 18.4 Å². The molecule has 0 spiro atoms. The molecule has 0 saturated heterocycles. The second kappa shape index (κ2) is 7.17. The Balaban J connectivity index is 2.13. The van der Waals surface area contributed by atoms with Crippen LogP contribution in [0.15, 0.2) is 60.2 Å². The van der Waals surface area contributed by atoms with E-state index in [4.69, 9.17) is 0 Å². The Morgan fingerprint density at radius 3 is 2.27 bits per heavy atom. The van der Waals surface area contributed by atoms with Gasteiger partial charge in [0.05, 0.1) is 4.92 Å². The first-order valence-corrected chi connectivity index (χ1v) is 6.78. The van der Waals surface area contributed by atoms with Gasteiger partial charge >= 0.3 is 5.97 Å². The highest BCUT2D eigenvalue weighted by Gasteiger charge is 2.09. The molecular formula is C17H15NO4. The highest BCUT2D eigenvalue weighted by atomic mass is 16.6. The molecule has 2 aromatic rings. The average Bonchev–Trinajstić information content (AvgIpc) is 2.52. The number of carboxylic acid groups (broad SMARTS) is 1. The number of carboxylic acids is 1. The van der Waals surface area contributed by atoms with Crippen molar-refractivity contribution >= 4 is 17.7 Å². The second-order valence-electron chi connectivity index (χ2n) is 4.81. The van der Waals surface area contributed by atoms with E-state index in [1.807, 2.05) is 30.3 Å². The van der Waals surface area contributed by atoms with Gasteiger partial charge < -0.3 is 5.11 Å². The summed E-state index contributed by atoms with van der Waals surface area (Å²) in [6.07, 6.45) is 2.58. The molecule has 5 heteroatoms. The Morgan fingerprint density at radius 1 is 1.09 bits per heavy atom. The fraction of sp³-hybridized carbons (Fsp3) is 0.118. The lowest BCUT2D eigenvalue weighted by atomic mass is 10.0. The van der Waals surface area contributed by atoms with E-state index < -0.39 is 10.9 Å². The molecule has 5 nitrogen and oxygen atoms in total. The summed E-state index contributed by atoms with van der Waals surface area (Å²) in [4.78, 5) is 21.4. The van der Waals surface area contributed by atoms with Gasteiger partial charge in [-0.15, -0.1) is 0 Å². The summed E-state index contributed by atoms with van der Waals surface area (Å²) < 4.78 is 0. The molecule has 2 rings (SSSR count). The number of hydrogen-bond acceptors (Lipinski definition) is 3. The standard InChI is InChI=1S/C17H15NO4/c19-17(20)15(9-6-13-4-2-1-3-5-13)12-14-7-10-16(11-8-14)18(21)22/h1-5,7-8,10-12H,6,9H2,(H,19,20)/b15-12-. The highest BCUT2D eigenvalue weighted by molar-refractivity contribution is 5.92. The Labute approximate surface area is 127 Å². The van der Waals surface area contributed by atoms with E-state index in [9.17, 15) is 20.0 Å². The number of non-ortho nitro benzene ring substituents is 1. The zero-order valence-corrected chi connectivity index (χ0v) is 11.8. The maximum atomic E-state index is 11.3. The molecular weight excluding hydrogens is 282 g/mol. The van der Waals surface area contributed by atoms with Crippen LogP contribution in [0.3, 0.4) is 0 Å². The van der Waals surface area contributed by atoms with Crippen molar-refractivity contribution in [3.63, 3.8) is 0 Å². The first-order valence-electron chi connectivity index (χ1n) is 6.78. The topological polar surface area (TPSA) is 80.4 Å². The molecule has 0 fully saturated rings. The molecule has 0 aromatic heterocycles. The number of hydrogen-bond donors (Lipinski definition) is 1. The highest BCUT2D eigenvalue weighted by Crippen LogP contribution is 2.17. The van der Waals surface area contributed by atoms with Crippen molar-refractivity contribution in [2.24, 2.45) is 0 Å². The SMILES string of the molecule is O=C(O)/C(=C\c1ccc([N+](=O)[O-])cc1)CCc1ccccc1. The van der Waals surface area contributed by atoms with Gasteiger partial charge in [0.25, 0.3) is 5.69 Å². The monoisotopic (exact) mass is 297 g/mol. The number of nitrogens with zero attached hydrogens (tertiary/aromatic N) is 1. The van der Waals surface area contributed by atoms with Gasteiger partial charge in [-0.05, 0) is 42.2 Å². The molecule has 0 bridgehead atoms. The van der Waals surface area contributed by atoms with Gasteiger partial charge in [-0.25, -0.2) is 4.79 Å². The van der Waals surface area contributed by atoms with Gasteiger partial charge in [-0.2, -0.15) is 0 Å². The number of aryl methyl sites for hydroxylation is 1. The quantitative estimate of drug-likeness (QED) is 0.501. The Hall–Kier alpha value is -2.95. The Bertz CT molecular complexity index is 690. The van der Waals surface area contributed by atoms with Crippen LogP contribution in [0.1, 0.15) is 17.5 Å². The summed E-state index contributed by atoms with van der Waals surface area (Å²) >= 11 is 0. The zero-order chi connectivity index (χ0) is 15.9. The van der Waals surface area contributed by atoms with Crippen molar-refractivity contribution in [3.8, 4) is 0 Å². The number of nitro benzene ring substituents is 1. The van der Waals surface area contributed by atoms with E-state index in [0.717, 1.165) is 5.56 Å². The average molecular weight is 297 g/mol. The largest absolute Gasteiger partial charge is 0.478 e. The molecule has 0 heterocycles. The van der Waals surface area contributed by atoms with E-state index in [-0.39, 0.29) is 11.3 Å². The minimum Gasteiger partial charge on any atom is -0.478 e. The molecule has 0 radical (unpaired) electrons. The smallest absolute Gasteiger partial charge is 0.331 e. The Morgan fingerprint density at radius 2 is 1.73 bits per heavy atom. The van der Waals surface area contributed by atoms with Crippen molar-refractivity contribution in [2.75, 3.05) is 0 Å². The number of carbonyl (C=O) groups is 1. The minimum absolute atomic E-state index is 0.0155. The van der Waals surface area contributed by atoms with Gasteiger partial charge in [0.15, 0.2) is 0 Å². The molecule has 0 unspecified atom stereocenters. The third-order valence-electron chi connectivity index (χ3n) is 3.25. The number of nitro groups is 1. The van der Waals surface area contributed by atoms with Crippen molar-refractivity contribution in [1.29, 1.82) is 0 Å². The van der Waals surface area contributed by atoms with E-state index in [1.165, 1.54) is 12.1 Å². The van der Waals surface area contributed by atoms with E-state index in [1.54, 1.807) is 18.2 Å².